The average molecular weight is 295 g/mol. The van der Waals surface area contributed by atoms with Gasteiger partial charge in [-0.25, -0.2) is 4.79 Å². The standard InChI is InChI=1S/C14H15ClN2O3/c1-3-11(4-2)16-14(20)17(9-13(18)19)12-7-5-10(15)6-8-12/h1,5-8,11H,4,9H2,2H3,(H,16,20)(H,18,19). The number of benzene rings is 1. The lowest BCUT2D eigenvalue weighted by Crippen LogP contribution is -2.46. The summed E-state index contributed by atoms with van der Waals surface area (Å²) in [4.78, 5) is 24.1. The minimum atomic E-state index is -1.12. The lowest BCUT2D eigenvalue weighted by molar-refractivity contribution is -0.135. The second-order valence-corrected chi connectivity index (χ2v) is 4.47. The fourth-order valence-corrected chi connectivity index (χ4v) is 1.65. The van der Waals surface area contributed by atoms with E-state index < -0.39 is 24.6 Å². The van der Waals surface area contributed by atoms with Gasteiger partial charge < -0.3 is 10.4 Å². The van der Waals surface area contributed by atoms with Gasteiger partial charge in [0.05, 0.1) is 6.04 Å². The Morgan fingerprint density at radius 2 is 2.05 bits per heavy atom. The van der Waals surface area contributed by atoms with Crippen molar-refractivity contribution < 1.29 is 14.7 Å². The normalized spacial score (nSPS) is 11.2. The summed E-state index contributed by atoms with van der Waals surface area (Å²) in [5.41, 5.74) is 0.432. The minimum absolute atomic E-state index is 0.432. The van der Waals surface area contributed by atoms with E-state index in [1.165, 1.54) is 0 Å². The second-order valence-electron chi connectivity index (χ2n) is 4.03. The van der Waals surface area contributed by atoms with Gasteiger partial charge in [0.1, 0.15) is 6.54 Å². The number of amides is 2. The lowest BCUT2D eigenvalue weighted by atomic mass is 10.2. The molecule has 2 amide bonds. The Kier molecular flexibility index (Phi) is 5.88. The van der Waals surface area contributed by atoms with Crippen LogP contribution in [0.4, 0.5) is 10.5 Å². The van der Waals surface area contributed by atoms with Gasteiger partial charge in [0.2, 0.25) is 0 Å². The van der Waals surface area contributed by atoms with E-state index in [1.807, 2.05) is 6.92 Å². The molecule has 0 saturated carbocycles. The number of rotatable bonds is 5. The number of carboxylic acid groups (broad SMARTS) is 1. The van der Waals surface area contributed by atoms with Crippen molar-refractivity contribution in [2.75, 3.05) is 11.4 Å². The molecule has 0 fully saturated rings. The van der Waals surface area contributed by atoms with Crippen LogP contribution in [0.5, 0.6) is 0 Å². The molecule has 6 heteroatoms. The largest absolute Gasteiger partial charge is 0.480 e. The van der Waals surface area contributed by atoms with Gasteiger partial charge in [-0.15, -0.1) is 6.42 Å². The van der Waals surface area contributed by atoms with Crippen molar-refractivity contribution in [2.24, 2.45) is 0 Å². The Labute approximate surface area is 122 Å². The highest BCUT2D eigenvalue weighted by molar-refractivity contribution is 6.30. The van der Waals surface area contributed by atoms with Crippen molar-refractivity contribution in [3.05, 3.63) is 29.3 Å². The van der Waals surface area contributed by atoms with Crippen molar-refractivity contribution in [3.8, 4) is 12.3 Å². The van der Waals surface area contributed by atoms with Gasteiger partial charge in [-0.2, -0.15) is 0 Å². The number of urea groups is 1. The quantitative estimate of drug-likeness (QED) is 0.819. The maximum absolute atomic E-state index is 12.1. The summed E-state index contributed by atoms with van der Waals surface area (Å²) in [5.74, 6) is 1.30. The molecular formula is C14H15ClN2O3. The number of halogens is 1. The molecule has 1 aromatic rings. The first kappa shape index (κ1) is 15.9. The summed E-state index contributed by atoms with van der Waals surface area (Å²) >= 11 is 5.77. The fraction of sp³-hybridized carbons (Fsp3) is 0.286. The van der Waals surface area contributed by atoms with Crippen molar-refractivity contribution in [1.29, 1.82) is 0 Å². The Bertz CT molecular complexity index is 522. The molecule has 1 unspecified atom stereocenters. The molecule has 1 atom stereocenters. The van der Waals surface area contributed by atoms with Gasteiger partial charge >= 0.3 is 12.0 Å². The van der Waals surface area contributed by atoms with E-state index in [-0.39, 0.29) is 0 Å². The molecule has 0 aromatic heterocycles. The molecule has 0 aliphatic heterocycles. The summed E-state index contributed by atoms with van der Waals surface area (Å²) in [5, 5.41) is 12.0. The molecule has 0 spiro atoms. The number of nitrogens with one attached hydrogen (secondary N) is 1. The summed E-state index contributed by atoms with van der Waals surface area (Å²) in [6.45, 7) is 1.36. The first-order chi connectivity index (χ1) is 9.47. The topological polar surface area (TPSA) is 69.6 Å². The maximum Gasteiger partial charge on any atom is 0.323 e. The van der Waals surface area contributed by atoms with E-state index in [4.69, 9.17) is 23.1 Å². The predicted octanol–water partition coefficient (Wildman–Crippen LogP) is 2.35. The molecule has 0 bridgehead atoms. The Balaban J connectivity index is 2.94. The van der Waals surface area contributed by atoms with Gasteiger partial charge in [-0.1, -0.05) is 24.4 Å². The van der Waals surface area contributed by atoms with Crippen molar-refractivity contribution in [2.45, 2.75) is 19.4 Å². The van der Waals surface area contributed by atoms with E-state index in [1.54, 1.807) is 24.3 Å². The summed E-state index contributed by atoms with van der Waals surface area (Å²) in [7, 11) is 0. The lowest BCUT2D eigenvalue weighted by Gasteiger charge is -2.23. The third-order valence-corrected chi connectivity index (χ3v) is 2.84. The first-order valence-electron chi connectivity index (χ1n) is 5.99. The SMILES string of the molecule is C#CC(CC)NC(=O)N(CC(=O)O)c1ccc(Cl)cc1. The van der Waals surface area contributed by atoms with E-state index >= 15 is 0 Å². The van der Waals surface area contributed by atoms with Crippen molar-refractivity contribution in [1.82, 2.24) is 5.32 Å². The third-order valence-electron chi connectivity index (χ3n) is 2.58. The number of anilines is 1. The number of hydrogen-bond donors (Lipinski definition) is 2. The molecule has 5 nitrogen and oxygen atoms in total. The van der Waals surface area contributed by atoms with Crippen LogP contribution in [0.2, 0.25) is 5.02 Å². The Morgan fingerprint density at radius 3 is 2.50 bits per heavy atom. The molecule has 1 rings (SSSR count). The molecule has 106 valence electrons. The minimum Gasteiger partial charge on any atom is -0.480 e. The molecule has 1 aromatic carbocycles. The van der Waals surface area contributed by atoms with E-state index in [2.05, 4.69) is 11.2 Å². The summed E-state index contributed by atoms with van der Waals surface area (Å²) in [6, 6.07) is 5.31. The second kappa shape index (κ2) is 7.41. The number of terminal acetylenes is 1. The van der Waals surface area contributed by atoms with E-state index in [0.717, 1.165) is 4.90 Å². The fourth-order valence-electron chi connectivity index (χ4n) is 1.53. The van der Waals surface area contributed by atoms with Gasteiger partial charge in [0.15, 0.2) is 0 Å². The van der Waals surface area contributed by atoms with Crippen LogP contribution < -0.4 is 10.2 Å². The van der Waals surface area contributed by atoms with Crippen LogP contribution in [0.15, 0.2) is 24.3 Å². The first-order valence-corrected chi connectivity index (χ1v) is 6.37. The highest BCUT2D eigenvalue weighted by Crippen LogP contribution is 2.18. The number of carbonyl (C=O) groups excluding carboxylic acids is 1. The molecule has 0 aliphatic rings. The highest BCUT2D eigenvalue weighted by Gasteiger charge is 2.20. The van der Waals surface area contributed by atoms with Gasteiger partial charge in [0, 0.05) is 10.7 Å². The summed E-state index contributed by atoms with van der Waals surface area (Å²) < 4.78 is 0. The van der Waals surface area contributed by atoms with Crippen LogP contribution >= 0.6 is 11.6 Å². The average Bonchev–Trinajstić information content (AvgIpc) is 2.42. The Morgan fingerprint density at radius 1 is 1.45 bits per heavy atom. The zero-order chi connectivity index (χ0) is 15.1. The maximum atomic E-state index is 12.1. The smallest absolute Gasteiger partial charge is 0.323 e. The molecule has 0 aliphatic carbocycles. The number of hydrogen-bond acceptors (Lipinski definition) is 2. The monoisotopic (exact) mass is 294 g/mol. The van der Waals surface area contributed by atoms with E-state index in [0.29, 0.717) is 17.1 Å². The predicted molar refractivity (Wildman–Crippen MR) is 77.9 cm³/mol. The third kappa shape index (κ3) is 4.48. The van der Waals surface area contributed by atoms with Crippen LogP contribution in [0.25, 0.3) is 0 Å². The van der Waals surface area contributed by atoms with Crippen LogP contribution in [-0.4, -0.2) is 29.7 Å². The number of aliphatic carboxylic acids is 1. The van der Waals surface area contributed by atoms with Crippen LogP contribution in [0.1, 0.15) is 13.3 Å². The number of carboxylic acids is 1. The van der Waals surface area contributed by atoms with E-state index in [9.17, 15) is 9.59 Å². The number of carbonyl (C=O) groups is 2. The molecular weight excluding hydrogens is 280 g/mol. The van der Waals surface area contributed by atoms with Crippen LogP contribution in [-0.2, 0) is 4.79 Å². The van der Waals surface area contributed by atoms with Gasteiger partial charge in [0.25, 0.3) is 0 Å². The van der Waals surface area contributed by atoms with Gasteiger partial charge in [-0.3, -0.25) is 9.69 Å². The highest BCUT2D eigenvalue weighted by atomic mass is 35.5. The van der Waals surface area contributed by atoms with Crippen LogP contribution in [0.3, 0.4) is 0 Å². The molecule has 0 radical (unpaired) electrons. The molecule has 2 N–H and O–H groups in total. The van der Waals surface area contributed by atoms with Crippen molar-refractivity contribution in [3.63, 3.8) is 0 Å². The van der Waals surface area contributed by atoms with Gasteiger partial charge in [-0.05, 0) is 30.7 Å². The van der Waals surface area contributed by atoms with Crippen molar-refractivity contribution >= 4 is 29.3 Å². The molecule has 0 heterocycles. The van der Waals surface area contributed by atoms with Crippen LogP contribution in [0, 0.1) is 12.3 Å². The zero-order valence-corrected chi connectivity index (χ0v) is 11.7. The molecule has 0 saturated heterocycles. The zero-order valence-electron chi connectivity index (χ0n) is 11.0. The molecule has 20 heavy (non-hydrogen) atoms. The summed E-state index contributed by atoms with van der Waals surface area (Å²) in [6.07, 6.45) is 5.83. The number of nitrogens with zero attached hydrogens (tertiary/aromatic N) is 1. The Hall–Kier alpha value is -2.19.